The first-order chi connectivity index (χ1) is 20.0. The van der Waals surface area contributed by atoms with E-state index in [-0.39, 0.29) is 53.1 Å². The topological polar surface area (TPSA) is 174 Å². The Bertz CT molecular complexity index is 1820. The van der Waals surface area contributed by atoms with Crippen LogP contribution in [-0.2, 0) is 29.1 Å². The number of carbonyl (C=O) groups is 3. The van der Waals surface area contributed by atoms with Crippen LogP contribution >= 0.6 is 0 Å². The van der Waals surface area contributed by atoms with Gasteiger partial charge in [0.05, 0.1) is 29.0 Å². The van der Waals surface area contributed by atoms with E-state index in [4.69, 9.17) is 9.47 Å². The minimum absolute atomic E-state index is 0.0100. The fourth-order valence-corrected chi connectivity index (χ4v) is 5.44. The third-order valence-electron chi connectivity index (χ3n) is 6.31. The highest BCUT2D eigenvalue weighted by atomic mass is 32.2. The number of H-pyrrole nitrogens is 1. The van der Waals surface area contributed by atoms with E-state index in [0.717, 1.165) is 0 Å². The molecule has 0 spiro atoms. The second-order valence-electron chi connectivity index (χ2n) is 9.30. The fraction of sp³-hybridized carbons (Fsp3) is 0.276. The number of hydrogen-bond acceptors (Lipinski definition) is 9. The summed E-state index contributed by atoms with van der Waals surface area (Å²) in [4.78, 5) is 56.4. The maximum Gasteiger partial charge on any atom is 0.328 e. The van der Waals surface area contributed by atoms with Gasteiger partial charge in [0.15, 0.2) is 0 Å². The highest BCUT2D eigenvalue weighted by Crippen LogP contribution is 2.26. The number of hydrogen-bond donors (Lipinski definition) is 3. The van der Waals surface area contributed by atoms with Crippen molar-refractivity contribution >= 4 is 55.2 Å². The molecule has 0 radical (unpaired) electrons. The number of nitrogens with zero attached hydrogens (tertiary/aromatic N) is 1. The molecule has 1 atom stereocenters. The van der Waals surface area contributed by atoms with Crippen LogP contribution in [0.1, 0.15) is 42.9 Å². The molecule has 0 bridgehead atoms. The number of fused-ring (bicyclic) bond motifs is 3. The lowest BCUT2D eigenvalue weighted by molar-refractivity contribution is -0.146. The Kier molecular flexibility index (Phi) is 9.21. The summed E-state index contributed by atoms with van der Waals surface area (Å²) < 4.78 is 38.8. The Balaban J connectivity index is 1.51. The molecule has 0 aliphatic carbocycles. The van der Waals surface area contributed by atoms with Crippen LogP contribution in [0.15, 0.2) is 64.3 Å². The van der Waals surface area contributed by atoms with Crippen LogP contribution in [0.5, 0.6) is 0 Å². The van der Waals surface area contributed by atoms with Gasteiger partial charge in [-0.1, -0.05) is 12.1 Å². The van der Waals surface area contributed by atoms with Gasteiger partial charge in [-0.25, -0.2) is 18.2 Å². The largest absolute Gasteiger partial charge is 0.466 e. The fourth-order valence-electron chi connectivity index (χ4n) is 4.35. The molecule has 0 saturated heterocycles. The van der Waals surface area contributed by atoms with Crippen molar-refractivity contribution in [3.63, 3.8) is 0 Å². The number of sulfonamides is 1. The summed E-state index contributed by atoms with van der Waals surface area (Å²) in [7, 11) is -4.07. The van der Waals surface area contributed by atoms with Crippen molar-refractivity contribution < 1.29 is 32.3 Å². The Morgan fingerprint density at radius 2 is 1.67 bits per heavy atom. The van der Waals surface area contributed by atoms with E-state index in [1.54, 1.807) is 39.0 Å². The second-order valence-corrected chi connectivity index (χ2v) is 11.0. The predicted molar refractivity (Wildman–Crippen MR) is 156 cm³/mol. The van der Waals surface area contributed by atoms with E-state index in [0.29, 0.717) is 22.1 Å². The minimum Gasteiger partial charge on any atom is -0.466 e. The molecule has 0 saturated carbocycles. The highest BCUT2D eigenvalue weighted by Gasteiger charge is 2.24. The van der Waals surface area contributed by atoms with Gasteiger partial charge in [-0.3, -0.25) is 19.1 Å². The first-order valence-corrected chi connectivity index (χ1v) is 14.7. The smallest absolute Gasteiger partial charge is 0.328 e. The molecule has 1 aromatic heterocycles. The Morgan fingerprint density at radius 3 is 2.36 bits per heavy atom. The maximum absolute atomic E-state index is 13.2. The van der Waals surface area contributed by atoms with Gasteiger partial charge in [-0.05, 0) is 80.4 Å². The molecule has 13 heteroatoms. The number of anilines is 1. The SMILES string of the molecule is CCOC(=O)CC[C@H](NC(=O)c1ccc(NS(=O)(=O)c2ccc3ccc4nc(C)[nH]c(=O)c4c3c2)cc1)C(=O)OCC. The van der Waals surface area contributed by atoms with Crippen LogP contribution in [0.4, 0.5) is 5.69 Å². The van der Waals surface area contributed by atoms with Crippen LogP contribution in [0.3, 0.4) is 0 Å². The van der Waals surface area contributed by atoms with Gasteiger partial charge in [-0.2, -0.15) is 0 Å². The summed E-state index contributed by atoms with van der Waals surface area (Å²) >= 11 is 0. The van der Waals surface area contributed by atoms with Gasteiger partial charge < -0.3 is 19.8 Å². The first-order valence-electron chi connectivity index (χ1n) is 13.2. The van der Waals surface area contributed by atoms with Gasteiger partial charge in [0, 0.05) is 17.7 Å². The predicted octanol–water partition coefficient (Wildman–Crippen LogP) is 3.19. The number of amides is 1. The highest BCUT2D eigenvalue weighted by molar-refractivity contribution is 7.92. The molecular weight excluding hydrogens is 564 g/mol. The Labute approximate surface area is 241 Å². The van der Waals surface area contributed by atoms with Crippen molar-refractivity contribution in [1.82, 2.24) is 15.3 Å². The molecule has 42 heavy (non-hydrogen) atoms. The quantitative estimate of drug-likeness (QED) is 0.174. The zero-order valence-corrected chi connectivity index (χ0v) is 24.0. The number of benzene rings is 3. The van der Waals surface area contributed by atoms with Crippen LogP contribution < -0.4 is 15.6 Å². The van der Waals surface area contributed by atoms with Crippen LogP contribution in [0.2, 0.25) is 0 Å². The van der Waals surface area contributed by atoms with Crippen molar-refractivity contribution in [3.05, 3.63) is 76.3 Å². The van der Waals surface area contributed by atoms with E-state index in [2.05, 4.69) is 20.0 Å². The number of aromatic nitrogens is 2. The molecule has 1 heterocycles. The van der Waals surface area contributed by atoms with Crippen LogP contribution in [-0.4, -0.2) is 55.5 Å². The molecule has 3 aromatic carbocycles. The van der Waals surface area contributed by atoms with Crippen molar-refractivity contribution in [2.24, 2.45) is 0 Å². The van der Waals surface area contributed by atoms with Gasteiger partial charge in [0.1, 0.15) is 11.9 Å². The zero-order valence-electron chi connectivity index (χ0n) is 23.2. The van der Waals surface area contributed by atoms with Crippen molar-refractivity contribution in [2.45, 2.75) is 44.6 Å². The molecule has 220 valence electrons. The lowest BCUT2D eigenvalue weighted by Crippen LogP contribution is -2.42. The molecule has 4 rings (SSSR count). The molecule has 0 unspecified atom stereocenters. The molecule has 0 fully saturated rings. The standard InChI is InChI=1S/C29H30N4O8S/c1-4-40-25(34)15-14-24(29(37)41-5-2)32-27(35)19-6-10-20(11-7-19)33-42(38,39)21-12-8-18-9-13-23-26(22(18)16-21)28(36)31-17(3)30-23/h6-13,16,24,33H,4-5,14-15H2,1-3H3,(H,32,35)(H,30,31,36)/t24-/m0/s1. The number of aromatic amines is 1. The monoisotopic (exact) mass is 594 g/mol. The molecule has 4 aromatic rings. The number of nitrogens with one attached hydrogen (secondary N) is 3. The molecule has 3 N–H and O–H groups in total. The van der Waals surface area contributed by atoms with E-state index in [1.165, 1.54) is 36.4 Å². The third-order valence-corrected chi connectivity index (χ3v) is 7.69. The van der Waals surface area contributed by atoms with Gasteiger partial charge in [0.2, 0.25) is 0 Å². The number of ether oxygens (including phenoxy) is 2. The molecule has 1 amide bonds. The first kappa shape index (κ1) is 30.2. The number of carbonyl (C=O) groups excluding carboxylic acids is 3. The van der Waals surface area contributed by atoms with Gasteiger partial charge >= 0.3 is 11.9 Å². The average molecular weight is 595 g/mol. The molecular formula is C29H30N4O8S. The van der Waals surface area contributed by atoms with Gasteiger partial charge in [0.25, 0.3) is 21.5 Å². The lowest BCUT2D eigenvalue weighted by Gasteiger charge is -2.17. The zero-order chi connectivity index (χ0) is 30.4. The number of rotatable bonds is 11. The summed E-state index contributed by atoms with van der Waals surface area (Å²) in [5, 5.41) is 3.96. The minimum atomic E-state index is -4.07. The summed E-state index contributed by atoms with van der Waals surface area (Å²) in [6.07, 6.45) is -0.0999. The summed E-state index contributed by atoms with van der Waals surface area (Å²) in [5.74, 6) is -1.35. The maximum atomic E-state index is 13.2. The average Bonchev–Trinajstić information content (AvgIpc) is 2.94. The molecule has 0 aliphatic rings. The number of esters is 2. The normalized spacial score (nSPS) is 12.1. The summed E-state index contributed by atoms with van der Waals surface area (Å²) in [6, 6.07) is 12.4. The van der Waals surface area contributed by atoms with E-state index in [1.807, 2.05) is 0 Å². The molecule has 12 nitrogen and oxygen atoms in total. The third kappa shape index (κ3) is 6.92. The number of aryl methyl sites for hydroxylation is 1. The Morgan fingerprint density at radius 1 is 0.976 bits per heavy atom. The summed E-state index contributed by atoms with van der Waals surface area (Å²) in [5.41, 5.74) is 0.420. The molecule has 0 aliphatic heterocycles. The Hall–Kier alpha value is -4.78. The van der Waals surface area contributed by atoms with Crippen molar-refractivity contribution in [3.8, 4) is 0 Å². The van der Waals surface area contributed by atoms with Crippen LogP contribution in [0, 0.1) is 6.92 Å². The lowest BCUT2D eigenvalue weighted by atomic mass is 10.1. The van der Waals surface area contributed by atoms with E-state index in [9.17, 15) is 27.6 Å². The van der Waals surface area contributed by atoms with Gasteiger partial charge in [-0.15, -0.1) is 0 Å². The second kappa shape index (κ2) is 12.8. The van der Waals surface area contributed by atoms with Crippen molar-refractivity contribution in [1.29, 1.82) is 0 Å². The van der Waals surface area contributed by atoms with Crippen LogP contribution in [0.25, 0.3) is 21.7 Å². The summed E-state index contributed by atoms with van der Waals surface area (Å²) in [6.45, 7) is 5.24. The van der Waals surface area contributed by atoms with E-state index < -0.39 is 33.9 Å². The van der Waals surface area contributed by atoms with Crippen molar-refractivity contribution in [2.75, 3.05) is 17.9 Å². The van der Waals surface area contributed by atoms with E-state index >= 15 is 0 Å².